The molecule has 0 spiro atoms. The van der Waals surface area contributed by atoms with Gasteiger partial charge < -0.3 is 0 Å². The molecule has 134 valence electrons. The maximum absolute atomic E-state index is 12.7. The molecule has 3 rings (SSSR count). The molecule has 26 heavy (non-hydrogen) atoms. The molecule has 0 aliphatic heterocycles. The molecule has 0 saturated carbocycles. The van der Waals surface area contributed by atoms with E-state index in [-0.39, 0.29) is 10.6 Å². The molecule has 0 N–H and O–H groups in total. The predicted octanol–water partition coefficient (Wildman–Crippen LogP) is 2.21. The molecule has 0 aliphatic carbocycles. The molecule has 0 bridgehead atoms. The van der Waals surface area contributed by atoms with Gasteiger partial charge in [-0.05, 0) is 24.6 Å². The molecule has 0 aliphatic rings. The number of hydrogen-bond donors (Lipinski definition) is 0. The van der Waals surface area contributed by atoms with E-state index in [1.54, 1.807) is 23.8 Å². The highest BCUT2D eigenvalue weighted by Gasteiger charge is 2.24. The Morgan fingerprint density at radius 1 is 1.31 bits per heavy atom. The molecular formula is C16H15N5O4S. The second-order valence-corrected chi connectivity index (χ2v) is 7.44. The zero-order chi connectivity index (χ0) is 18.9. The van der Waals surface area contributed by atoms with Crippen molar-refractivity contribution in [3.63, 3.8) is 0 Å². The van der Waals surface area contributed by atoms with Crippen molar-refractivity contribution in [2.24, 2.45) is 5.10 Å². The Bertz CT molecular complexity index is 1120. The van der Waals surface area contributed by atoms with Crippen molar-refractivity contribution in [3.05, 3.63) is 70.0 Å². The van der Waals surface area contributed by atoms with Crippen molar-refractivity contribution in [2.45, 2.75) is 11.8 Å². The minimum atomic E-state index is -4.03. The molecule has 0 amide bonds. The van der Waals surface area contributed by atoms with Gasteiger partial charge in [0.25, 0.3) is 15.7 Å². The Hall–Kier alpha value is -3.27. The van der Waals surface area contributed by atoms with Gasteiger partial charge in [0.15, 0.2) is 0 Å². The van der Waals surface area contributed by atoms with E-state index in [1.165, 1.54) is 25.4 Å². The lowest BCUT2D eigenvalue weighted by molar-refractivity contribution is -0.385. The largest absolute Gasteiger partial charge is 0.279 e. The number of sulfonamides is 1. The van der Waals surface area contributed by atoms with Crippen molar-refractivity contribution >= 4 is 27.4 Å². The fourth-order valence-corrected chi connectivity index (χ4v) is 3.58. The fourth-order valence-electron chi connectivity index (χ4n) is 2.38. The summed E-state index contributed by atoms with van der Waals surface area (Å²) >= 11 is 0. The van der Waals surface area contributed by atoms with Crippen LogP contribution < -0.4 is 0 Å². The van der Waals surface area contributed by atoms with Crippen LogP contribution in [0.25, 0.3) is 5.52 Å². The normalized spacial score (nSPS) is 11.9. The molecule has 0 radical (unpaired) electrons. The van der Waals surface area contributed by atoms with E-state index in [9.17, 15) is 18.5 Å². The number of rotatable bonds is 5. The molecule has 10 heteroatoms. The number of nitro benzene ring substituents is 1. The number of benzene rings is 1. The average Bonchev–Trinajstić information content (AvgIpc) is 3.02. The second-order valence-electron chi connectivity index (χ2n) is 5.52. The average molecular weight is 373 g/mol. The molecule has 0 atom stereocenters. The van der Waals surface area contributed by atoms with E-state index in [0.29, 0.717) is 11.1 Å². The van der Waals surface area contributed by atoms with Gasteiger partial charge in [0, 0.05) is 30.9 Å². The summed E-state index contributed by atoms with van der Waals surface area (Å²) in [4.78, 5) is 10.1. The van der Waals surface area contributed by atoms with Crippen LogP contribution in [0.1, 0.15) is 11.1 Å². The number of hydrogen-bond acceptors (Lipinski definition) is 6. The number of nitrogens with zero attached hydrogens (tertiary/aromatic N) is 5. The molecule has 1 aromatic carbocycles. The lowest BCUT2D eigenvalue weighted by Gasteiger charge is -2.15. The lowest BCUT2D eigenvalue weighted by atomic mass is 10.2. The van der Waals surface area contributed by atoms with Crippen molar-refractivity contribution in [1.29, 1.82) is 0 Å². The summed E-state index contributed by atoms with van der Waals surface area (Å²) in [6.45, 7) is 1.57. The quantitative estimate of drug-likeness (QED) is 0.387. The number of hydrazone groups is 1. The molecule has 3 aromatic rings. The van der Waals surface area contributed by atoms with Gasteiger partial charge in [-0.25, -0.2) is 4.52 Å². The van der Waals surface area contributed by atoms with E-state index < -0.39 is 14.9 Å². The van der Waals surface area contributed by atoms with Crippen LogP contribution >= 0.6 is 0 Å². The molecule has 2 aromatic heterocycles. The van der Waals surface area contributed by atoms with Gasteiger partial charge in [-0.3, -0.25) is 10.1 Å². The highest BCUT2D eigenvalue weighted by molar-refractivity contribution is 7.89. The maximum Gasteiger partial charge on any atom is 0.279 e. The first-order valence-corrected chi connectivity index (χ1v) is 8.95. The molecular weight excluding hydrogens is 358 g/mol. The zero-order valence-corrected chi connectivity index (χ0v) is 14.8. The van der Waals surface area contributed by atoms with Crippen molar-refractivity contribution in [3.8, 4) is 0 Å². The summed E-state index contributed by atoms with van der Waals surface area (Å²) in [5, 5.41) is 19.0. The topological polar surface area (TPSA) is 110 Å². The number of nitro groups is 1. The van der Waals surface area contributed by atoms with Gasteiger partial charge >= 0.3 is 0 Å². The Morgan fingerprint density at radius 2 is 2.08 bits per heavy atom. The van der Waals surface area contributed by atoms with Crippen LogP contribution in [0.15, 0.2) is 58.8 Å². The Balaban J connectivity index is 1.95. The monoisotopic (exact) mass is 373 g/mol. The third kappa shape index (κ3) is 3.14. The maximum atomic E-state index is 12.7. The molecule has 0 fully saturated rings. The van der Waals surface area contributed by atoms with Crippen molar-refractivity contribution in [2.75, 3.05) is 7.05 Å². The van der Waals surface area contributed by atoms with Crippen LogP contribution in [0.3, 0.4) is 0 Å². The summed E-state index contributed by atoms with van der Waals surface area (Å²) < 4.78 is 27.9. The van der Waals surface area contributed by atoms with Gasteiger partial charge in [0.2, 0.25) is 0 Å². The minimum absolute atomic E-state index is 0.161. The van der Waals surface area contributed by atoms with Crippen LogP contribution in [0.4, 0.5) is 5.69 Å². The lowest BCUT2D eigenvalue weighted by Crippen LogP contribution is -2.22. The number of pyridine rings is 1. The molecule has 0 saturated heterocycles. The third-order valence-corrected chi connectivity index (χ3v) is 5.61. The van der Waals surface area contributed by atoms with E-state index in [0.717, 1.165) is 16.0 Å². The van der Waals surface area contributed by atoms with E-state index in [4.69, 9.17) is 0 Å². The Kier molecular flexibility index (Phi) is 4.43. The summed E-state index contributed by atoms with van der Waals surface area (Å²) in [7, 11) is -2.75. The predicted molar refractivity (Wildman–Crippen MR) is 95.6 cm³/mol. The van der Waals surface area contributed by atoms with Gasteiger partial charge in [0.1, 0.15) is 0 Å². The minimum Gasteiger partial charge on any atom is -0.258 e. The van der Waals surface area contributed by atoms with Gasteiger partial charge in [0.05, 0.1) is 27.7 Å². The highest BCUT2D eigenvalue weighted by atomic mass is 32.2. The third-order valence-electron chi connectivity index (χ3n) is 3.82. The highest BCUT2D eigenvalue weighted by Crippen LogP contribution is 2.24. The van der Waals surface area contributed by atoms with Crippen LogP contribution in [0.2, 0.25) is 0 Å². The van der Waals surface area contributed by atoms with E-state index in [2.05, 4.69) is 10.2 Å². The first-order chi connectivity index (χ1) is 12.3. The van der Waals surface area contributed by atoms with Gasteiger partial charge in [-0.15, -0.1) is 0 Å². The number of fused-ring (bicyclic) bond motifs is 1. The number of aromatic nitrogens is 2. The van der Waals surface area contributed by atoms with Crippen LogP contribution in [-0.4, -0.2) is 40.6 Å². The summed E-state index contributed by atoms with van der Waals surface area (Å²) in [5.74, 6) is 0. The van der Waals surface area contributed by atoms with Crippen molar-refractivity contribution in [1.82, 2.24) is 14.0 Å². The smallest absolute Gasteiger partial charge is 0.258 e. The molecule has 9 nitrogen and oxygen atoms in total. The summed E-state index contributed by atoms with van der Waals surface area (Å²) in [6, 6.07) is 9.17. The van der Waals surface area contributed by atoms with Crippen LogP contribution in [0.5, 0.6) is 0 Å². The van der Waals surface area contributed by atoms with Crippen LogP contribution in [0, 0.1) is 17.0 Å². The standard InChI is InChI=1S/C16H15N5O4S/c1-12-6-7-14(21(22)23)9-16(12)26(24,25)19(2)17-10-13-11-18-20-8-4-3-5-15(13)20/h3-11H,1-2H3. The van der Waals surface area contributed by atoms with Crippen molar-refractivity contribution < 1.29 is 13.3 Å². The number of aryl methyl sites for hydroxylation is 1. The fraction of sp³-hybridized carbons (Fsp3) is 0.125. The second kappa shape index (κ2) is 6.56. The van der Waals surface area contributed by atoms with Crippen LogP contribution in [-0.2, 0) is 10.0 Å². The summed E-state index contributed by atoms with van der Waals surface area (Å²) in [5.41, 5.74) is 1.51. The zero-order valence-electron chi connectivity index (χ0n) is 14.0. The first-order valence-electron chi connectivity index (χ1n) is 7.51. The van der Waals surface area contributed by atoms with Gasteiger partial charge in [-0.1, -0.05) is 12.1 Å². The van der Waals surface area contributed by atoms with E-state index >= 15 is 0 Å². The Labute approximate surface area is 149 Å². The molecule has 0 unspecified atom stereocenters. The SMILES string of the molecule is Cc1ccc([N+](=O)[O-])cc1S(=O)(=O)N(C)N=Cc1cnn2ccccc12. The summed E-state index contributed by atoms with van der Waals surface area (Å²) in [6.07, 6.45) is 4.71. The number of non-ortho nitro benzene ring substituents is 1. The van der Waals surface area contributed by atoms with Gasteiger partial charge in [-0.2, -0.15) is 23.0 Å². The Morgan fingerprint density at radius 3 is 2.81 bits per heavy atom. The van der Waals surface area contributed by atoms with E-state index in [1.807, 2.05) is 18.2 Å². The first kappa shape index (κ1) is 17.5. The molecule has 2 heterocycles.